The van der Waals surface area contributed by atoms with Gasteiger partial charge in [0.05, 0.1) is 30.4 Å². The second-order valence-corrected chi connectivity index (χ2v) is 12.1. The minimum Gasteiger partial charge on any atom is -0.456 e. The van der Waals surface area contributed by atoms with E-state index in [1.807, 2.05) is 0 Å². The molecule has 206 valence electrons. The molecule has 0 spiro atoms. The SMILES string of the molecule is Cc1cc(NC(=O)NC(=O)c2c(Cl)cccc2Cl)c(C)c(Cl)c1Oc1ccc(S(=O)(=O)c2ccc(Cl)cc2)cc1. The summed E-state index contributed by atoms with van der Waals surface area (Å²) in [5.41, 5.74) is 1.37. The van der Waals surface area contributed by atoms with Crippen LogP contribution in [-0.4, -0.2) is 20.4 Å². The van der Waals surface area contributed by atoms with Gasteiger partial charge in [-0.3, -0.25) is 10.1 Å². The van der Waals surface area contributed by atoms with Crippen LogP contribution in [0.3, 0.4) is 0 Å². The summed E-state index contributed by atoms with van der Waals surface area (Å²) >= 11 is 24.5. The van der Waals surface area contributed by atoms with Crippen molar-refractivity contribution in [2.24, 2.45) is 0 Å². The highest BCUT2D eigenvalue weighted by atomic mass is 35.5. The zero-order chi connectivity index (χ0) is 29.2. The van der Waals surface area contributed by atoms with E-state index in [0.717, 1.165) is 0 Å². The number of imide groups is 1. The van der Waals surface area contributed by atoms with Gasteiger partial charge >= 0.3 is 6.03 Å². The molecule has 0 bridgehead atoms. The average Bonchev–Trinajstić information content (AvgIpc) is 2.90. The summed E-state index contributed by atoms with van der Waals surface area (Å²) in [6.07, 6.45) is 0. The first-order valence-corrected chi connectivity index (χ1v) is 14.5. The van der Waals surface area contributed by atoms with E-state index in [1.54, 1.807) is 26.0 Å². The Bertz CT molecular complexity index is 1710. The number of urea groups is 1. The van der Waals surface area contributed by atoms with Crippen molar-refractivity contribution in [2.45, 2.75) is 23.6 Å². The van der Waals surface area contributed by atoms with E-state index >= 15 is 0 Å². The van der Waals surface area contributed by atoms with Gasteiger partial charge in [-0.1, -0.05) is 52.5 Å². The molecule has 4 rings (SSSR count). The highest BCUT2D eigenvalue weighted by Gasteiger charge is 2.21. The fourth-order valence-corrected chi connectivity index (χ4v) is 5.94. The summed E-state index contributed by atoms with van der Waals surface area (Å²) in [5, 5.41) is 5.64. The van der Waals surface area contributed by atoms with E-state index in [4.69, 9.17) is 51.1 Å². The van der Waals surface area contributed by atoms with Crippen molar-refractivity contribution in [1.29, 1.82) is 0 Å². The number of hydrogen-bond donors (Lipinski definition) is 2. The minimum absolute atomic E-state index is 0.0253. The molecule has 3 amide bonds. The van der Waals surface area contributed by atoms with Gasteiger partial charge in [0, 0.05) is 10.7 Å². The maximum Gasteiger partial charge on any atom is 0.326 e. The molecule has 0 aromatic heterocycles. The lowest BCUT2D eigenvalue weighted by molar-refractivity contribution is 0.0967. The van der Waals surface area contributed by atoms with E-state index in [9.17, 15) is 18.0 Å². The molecule has 0 radical (unpaired) electrons. The molecule has 40 heavy (non-hydrogen) atoms. The summed E-state index contributed by atoms with van der Waals surface area (Å²) in [6.45, 7) is 3.39. The van der Waals surface area contributed by atoms with Gasteiger partial charge in [0.15, 0.2) is 0 Å². The normalized spacial score (nSPS) is 11.2. The van der Waals surface area contributed by atoms with Crippen molar-refractivity contribution in [3.63, 3.8) is 0 Å². The van der Waals surface area contributed by atoms with Gasteiger partial charge in [-0.25, -0.2) is 13.2 Å². The Hall–Kier alpha value is -3.27. The molecule has 0 unspecified atom stereocenters. The Morgan fingerprint density at radius 2 is 1.35 bits per heavy atom. The lowest BCUT2D eigenvalue weighted by atomic mass is 10.1. The van der Waals surface area contributed by atoms with E-state index in [2.05, 4.69) is 10.6 Å². The van der Waals surface area contributed by atoms with E-state index in [-0.39, 0.29) is 30.4 Å². The molecule has 4 aromatic rings. The molecule has 0 heterocycles. The van der Waals surface area contributed by atoms with Crippen LogP contribution in [0.25, 0.3) is 0 Å². The first kappa shape index (κ1) is 29.7. The Labute approximate surface area is 250 Å². The molecule has 12 heteroatoms. The molecule has 4 aromatic carbocycles. The molecular formula is C28H20Cl4N2O5S. The fourth-order valence-electron chi connectivity index (χ4n) is 3.70. The summed E-state index contributed by atoms with van der Waals surface area (Å²) in [4.78, 5) is 25.3. The van der Waals surface area contributed by atoms with Crippen LogP contribution < -0.4 is 15.4 Å². The number of halogens is 4. The second-order valence-electron chi connectivity index (χ2n) is 8.54. The number of amides is 3. The monoisotopic (exact) mass is 636 g/mol. The van der Waals surface area contributed by atoms with Crippen LogP contribution in [0.15, 0.2) is 82.6 Å². The lowest BCUT2D eigenvalue weighted by Crippen LogP contribution is -2.34. The van der Waals surface area contributed by atoms with E-state index < -0.39 is 21.8 Å². The third-order valence-corrected chi connectivity index (χ3v) is 8.92. The van der Waals surface area contributed by atoms with Crippen molar-refractivity contribution < 1.29 is 22.7 Å². The molecule has 0 aliphatic rings. The van der Waals surface area contributed by atoms with E-state index in [1.165, 1.54) is 60.7 Å². The van der Waals surface area contributed by atoms with Crippen LogP contribution in [0, 0.1) is 13.8 Å². The highest BCUT2D eigenvalue weighted by Crippen LogP contribution is 2.39. The van der Waals surface area contributed by atoms with Crippen LogP contribution in [0.1, 0.15) is 21.5 Å². The van der Waals surface area contributed by atoms with Crippen molar-refractivity contribution in [1.82, 2.24) is 5.32 Å². The molecule has 0 saturated heterocycles. The third-order valence-electron chi connectivity index (χ3n) is 5.79. The summed E-state index contributed by atoms with van der Waals surface area (Å²) in [5.74, 6) is -0.104. The van der Waals surface area contributed by atoms with Gasteiger partial charge in [0.25, 0.3) is 5.91 Å². The molecular weight excluding hydrogens is 618 g/mol. The van der Waals surface area contributed by atoms with Crippen LogP contribution in [0.5, 0.6) is 11.5 Å². The van der Waals surface area contributed by atoms with Gasteiger partial charge in [-0.15, -0.1) is 0 Å². The number of rotatable bonds is 6. The number of sulfone groups is 1. The first-order valence-electron chi connectivity index (χ1n) is 11.5. The zero-order valence-electron chi connectivity index (χ0n) is 20.9. The summed E-state index contributed by atoms with van der Waals surface area (Å²) < 4.78 is 31.8. The number of nitrogens with one attached hydrogen (secondary N) is 2. The molecule has 7 nitrogen and oxygen atoms in total. The van der Waals surface area contributed by atoms with Gasteiger partial charge in [0.1, 0.15) is 11.5 Å². The number of benzene rings is 4. The van der Waals surface area contributed by atoms with Crippen molar-refractivity contribution in [3.8, 4) is 11.5 Å². The number of ether oxygens (including phenoxy) is 1. The van der Waals surface area contributed by atoms with Crippen molar-refractivity contribution in [3.05, 3.63) is 110 Å². The summed E-state index contributed by atoms with van der Waals surface area (Å²) in [6, 6.07) is 17.1. The fraction of sp³-hybridized carbons (Fsp3) is 0.0714. The van der Waals surface area contributed by atoms with Gasteiger partial charge in [-0.2, -0.15) is 0 Å². The van der Waals surface area contributed by atoms with Gasteiger partial charge < -0.3 is 10.1 Å². The van der Waals surface area contributed by atoms with Crippen molar-refractivity contribution >= 4 is 73.9 Å². The van der Waals surface area contributed by atoms with Gasteiger partial charge in [0.2, 0.25) is 9.84 Å². The maximum atomic E-state index is 12.9. The second kappa shape index (κ2) is 12.1. The van der Waals surface area contributed by atoms with Crippen molar-refractivity contribution in [2.75, 3.05) is 5.32 Å². The minimum atomic E-state index is -3.74. The quantitative estimate of drug-likeness (QED) is 0.221. The first-order chi connectivity index (χ1) is 18.9. The maximum absolute atomic E-state index is 12.9. The Morgan fingerprint density at radius 3 is 1.93 bits per heavy atom. The predicted octanol–water partition coefficient (Wildman–Crippen LogP) is 8.50. The Morgan fingerprint density at radius 1 is 0.800 bits per heavy atom. The van der Waals surface area contributed by atoms with Crippen LogP contribution >= 0.6 is 46.4 Å². The standard InChI is InChI=1S/C28H20Cl4N2O5S/c1-15-14-23(33-28(36)34-27(35)24-21(30)4-3-5-22(24)31)16(2)25(32)26(15)39-18-8-12-20(13-9-18)40(37,38)19-10-6-17(29)7-11-19/h3-14H,1-2H3,(H2,33,34,35,36). The molecule has 0 aliphatic heterocycles. The predicted molar refractivity (Wildman–Crippen MR) is 157 cm³/mol. The number of aryl methyl sites for hydroxylation is 1. The molecule has 0 aliphatic carbocycles. The number of hydrogen-bond acceptors (Lipinski definition) is 5. The number of carbonyl (C=O) groups excluding carboxylic acids is 2. The topological polar surface area (TPSA) is 102 Å². The molecule has 2 N–H and O–H groups in total. The number of anilines is 1. The lowest BCUT2D eigenvalue weighted by Gasteiger charge is -2.17. The van der Waals surface area contributed by atoms with Gasteiger partial charge in [-0.05, 0) is 91.7 Å². The third kappa shape index (κ3) is 6.37. The smallest absolute Gasteiger partial charge is 0.326 e. The highest BCUT2D eigenvalue weighted by molar-refractivity contribution is 7.91. The Kier molecular flexibility index (Phi) is 8.97. The summed E-state index contributed by atoms with van der Waals surface area (Å²) in [7, 11) is -3.74. The molecule has 0 atom stereocenters. The average molecular weight is 638 g/mol. The Balaban J connectivity index is 1.50. The van der Waals surface area contributed by atoms with Crippen LogP contribution in [0.2, 0.25) is 20.1 Å². The number of carbonyl (C=O) groups is 2. The van der Waals surface area contributed by atoms with Crippen LogP contribution in [-0.2, 0) is 9.84 Å². The van der Waals surface area contributed by atoms with Crippen LogP contribution in [0.4, 0.5) is 10.5 Å². The van der Waals surface area contributed by atoms with E-state index in [0.29, 0.717) is 33.3 Å². The largest absolute Gasteiger partial charge is 0.456 e. The molecule has 0 fully saturated rings. The molecule has 0 saturated carbocycles. The zero-order valence-corrected chi connectivity index (χ0v) is 24.7.